The van der Waals surface area contributed by atoms with Crippen LogP contribution in [0.1, 0.15) is 67.8 Å². The van der Waals surface area contributed by atoms with Crippen LogP contribution in [0.2, 0.25) is 0 Å². The lowest BCUT2D eigenvalue weighted by molar-refractivity contribution is -0.120. The first-order valence-corrected chi connectivity index (χ1v) is 14.1. The number of amides is 4. The summed E-state index contributed by atoms with van der Waals surface area (Å²) in [5.41, 5.74) is 1.84. The first kappa shape index (κ1) is 29.4. The van der Waals surface area contributed by atoms with Crippen molar-refractivity contribution in [2.24, 2.45) is 11.8 Å². The Balaban J connectivity index is 1.63. The fourth-order valence-electron chi connectivity index (χ4n) is 5.38. The largest absolute Gasteiger partial charge is 0.485 e. The van der Waals surface area contributed by atoms with Crippen molar-refractivity contribution < 1.29 is 28.8 Å². The molecule has 0 spiro atoms. The number of aliphatic hydroxyl groups excluding tert-OH is 1. The van der Waals surface area contributed by atoms with Gasteiger partial charge in [0.15, 0.2) is 11.5 Å². The van der Waals surface area contributed by atoms with Crippen LogP contribution in [0.15, 0.2) is 22.7 Å². The van der Waals surface area contributed by atoms with Crippen LogP contribution in [0.4, 0.5) is 16.2 Å². The third-order valence-electron chi connectivity index (χ3n) is 7.99. The molecule has 11 nitrogen and oxygen atoms in total. The van der Waals surface area contributed by atoms with E-state index in [0.717, 1.165) is 32.1 Å². The van der Waals surface area contributed by atoms with Crippen molar-refractivity contribution in [3.05, 3.63) is 35.2 Å². The highest BCUT2D eigenvalue weighted by Crippen LogP contribution is 2.36. The van der Waals surface area contributed by atoms with E-state index in [4.69, 9.17) is 9.26 Å². The van der Waals surface area contributed by atoms with Gasteiger partial charge in [0.1, 0.15) is 17.5 Å². The second-order valence-corrected chi connectivity index (χ2v) is 11.1. The smallest absolute Gasteiger partial charge is 0.321 e. The third kappa shape index (κ3) is 6.41. The van der Waals surface area contributed by atoms with Crippen LogP contribution in [0.3, 0.4) is 0 Å². The number of benzene rings is 1. The first-order valence-electron chi connectivity index (χ1n) is 14.1. The number of aromatic nitrogens is 1. The molecule has 3 N–H and O–H groups in total. The molecule has 2 aliphatic rings. The van der Waals surface area contributed by atoms with E-state index < -0.39 is 12.1 Å². The Kier molecular flexibility index (Phi) is 9.34. The number of carbonyl (C=O) groups is 3. The summed E-state index contributed by atoms with van der Waals surface area (Å²) in [5.74, 6) is 0.153. The maximum absolute atomic E-state index is 13.7. The highest BCUT2D eigenvalue weighted by Gasteiger charge is 2.35. The molecule has 1 aromatic carbocycles. The van der Waals surface area contributed by atoms with Crippen molar-refractivity contribution in [2.45, 2.75) is 71.9 Å². The van der Waals surface area contributed by atoms with Gasteiger partial charge >= 0.3 is 6.03 Å². The van der Waals surface area contributed by atoms with Crippen molar-refractivity contribution in [2.75, 3.05) is 37.4 Å². The number of ether oxygens (including phenoxy) is 1. The van der Waals surface area contributed by atoms with E-state index in [2.05, 4.69) is 15.8 Å². The molecule has 40 heavy (non-hydrogen) atoms. The van der Waals surface area contributed by atoms with Crippen LogP contribution >= 0.6 is 0 Å². The Labute approximate surface area is 235 Å². The molecule has 4 rings (SSSR count). The number of rotatable bonds is 7. The van der Waals surface area contributed by atoms with E-state index >= 15 is 0 Å². The number of hydrogen-bond acceptors (Lipinski definition) is 7. The van der Waals surface area contributed by atoms with Gasteiger partial charge in [-0.05, 0) is 45.7 Å². The number of nitrogens with zero attached hydrogens (tertiary/aromatic N) is 3. The minimum absolute atomic E-state index is 0.0753. The summed E-state index contributed by atoms with van der Waals surface area (Å²) >= 11 is 0. The van der Waals surface area contributed by atoms with Crippen LogP contribution in [0, 0.1) is 25.7 Å². The molecule has 1 aliphatic heterocycles. The van der Waals surface area contributed by atoms with Crippen molar-refractivity contribution in [1.82, 2.24) is 15.0 Å². The van der Waals surface area contributed by atoms with Gasteiger partial charge in [0.25, 0.3) is 5.91 Å². The normalized spacial score (nSPS) is 20.6. The van der Waals surface area contributed by atoms with E-state index in [0.29, 0.717) is 34.9 Å². The molecule has 2 aromatic rings. The monoisotopic (exact) mass is 555 g/mol. The Morgan fingerprint density at radius 3 is 2.58 bits per heavy atom. The molecule has 3 atom stereocenters. The zero-order valence-electron chi connectivity index (χ0n) is 24.0. The number of hydrogen-bond donors (Lipinski definition) is 3. The maximum Gasteiger partial charge on any atom is 0.321 e. The second kappa shape index (κ2) is 12.7. The average molecular weight is 556 g/mol. The van der Waals surface area contributed by atoms with Crippen LogP contribution in [-0.2, 0) is 4.79 Å². The second-order valence-electron chi connectivity index (χ2n) is 11.1. The Hall–Kier alpha value is -3.60. The molecule has 218 valence electrons. The van der Waals surface area contributed by atoms with Crippen molar-refractivity contribution in [1.29, 1.82) is 0 Å². The summed E-state index contributed by atoms with van der Waals surface area (Å²) in [6.07, 6.45) is 4.35. The summed E-state index contributed by atoms with van der Waals surface area (Å²) in [6, 6.07) is 4.35. The number of aryl methyl sites for hydroxylation is 2. The molecule has 2 heterocycles. The quantitative estimate of drug-likeness (QED) is 0.466. The van der Waals surface area contributed by atoms with Gasteiger partial charge in [0.2, 0.25) is 5.91 Å². The van der Waals surface area contributed by atoms with Crippen LogP contribution in [-0.4, -0.2) is 76.8 Å². The fourth-order valence-corrected chi connectivity index (χ4v) is 5.38. The first-order chi connectivity index (χ1) is 19.1. The fraction of sp³-hybridized carbons (Fsp3) is 0.586. The van der Waals surface area contributed by atoms with Gasteiger partial charge in [-0.25, -0.2) is 4.79 Å². The predicted molar refractivity (Wildman–Crippen MR) is 150 cm³/mol. The number of urea groups is 1. The van der Waals surface area contributed by atoms with Crippen LogP contribution in [0.25, 0.3) is 0 Å². The third-order valence-corrected chi connectivity index (χ3v) is 7.99. The summed E-state index contributed by atoms with van der Waals surface area (Å²) in [6.45, 7) is 7.54. The number of likely N-dealkylation sites (N-methyl/N-ethyl adjacent to an activating group) is 1. The topological polar surface area (TPSA) is 137 Å². The van der Waals surface area contributed by atoms with E-state index in [9.17, 15) is 19.5 Å². The molecule has 0 unspecified atom stereocenters. The number of para-hydroxylation sites is 1. The molecular weight excluding hydrogens is 514 g/mol. The molecule has 0 bridgehead atoms. The van der Waals surface area contributed by atoms with Gasteiger partial charge < -0.3 is 34.8 Å². The molecule has 1 aliphatic carbocycles. The van der Waals surface area contributed by atoms with Gasteiger partial charge in [-0.15, -0.1) is 0 Å². The number of aliphatic hydroxyl groups is 1. The number of carbonyl (C=O) groups excluding carboxylic acids is 3. The SMILES string of the molecule is Cc1noc(C)c1NC(=O)N(C)C[C@H]1Oc2c(NC(=O)C3CCCCC3)cccc2C(=O)N([C@@H](C)CO)C[C@H]1C. The summed E-state index contributed by atoms with van der Waals surface area (Å²) in [4.78, 5) is 43.1. The molecule has 0 radical (unpaired) electrons. The lowest BCUT2D eigenvalue weighted by atomic mass is 9.88. The van der Waals surface area contributed by atoms with E-state index in [-0.39, 0.29) is 48.6 Å². The van der Waals surface area contributed by atoms with E-state index in [1.54, 1.807) is 50.9 Å². The van der Waals surface area contributed by atoms with Gasteiger partial charge in [-0.1, -0.05) is 37.4 Å². The molecule has 1 saturated carbocycles. The lowest BCUT2D eigenvalue weighted by Gasteiger charge is -2.38. The highest BCUT2D eigenvalue weighted by atomic mass is 16.5. The molecule has 11 heteroatoms. The molecule has 1 fully saturated rings. The zero-order valence-corrected chi connectivity index (χ0v) is 24.0. The zero-order chi connectivity index (χ0) is 29.0. The summed E-state index contributed by atoms with van der Waals surface area (Å²) in [7, 11) is 1.67. The van der Waals surface area contributed by atoms with Crippen molar-refractivity contribution in [3.8, 4) is 5.75 Å². The van der Waals surface area contributed by atoms with Gasteiger partial charge in [0.05, 0.1) is 30.4 Å². The predicted octanol–water partition coefficient (Wildman–Crippen LogP) is 4.19. The molecule has 1 aromatic heterocycles. The minimum atomic E-state index is -0.520. The average Bonchev–Trinajstić information content (AvgIpc) is 3.27. The standard InChI is InChI=1S/C29H41N5O6/c1-17-14-34(18(2)16-35)28(37)22-12-9-13-23(30-27(36)21-10-7-6-8-11-21)26(22)39-24(17)15-33(5)29(38)31-25-19(3)32-40-20(25)4/h9,12-13,17-18,21,24,35H,6-8,10-11,14-16H2,1-5H3,(H,30,36)(H,31,38)/t17-,18+,24-/m1/s1. The van der Waals surface area contributed by atoms with Gasteiger partial charge in [-0.2, -0.15) is 0 Å². The lowest BCUT2D eigenvalue weighted by Crippen LogP contribution is -2.50. The van der Waals surface area contributed by atoms with Crippen molar-refractivity contribution >= 4 is 29.2 Å². The summed E-state index contributed by atoms with van der Waals surface area (Å²) < 4.78 is 11.7. The maximum atomic E-state index is 13.7. The van der Waals surface area contributed by atoms with E-state index in [1.165, 1.54) is 4.90 Å². The Morgan fingerprint density at radius 2 is 1.93 bits per heavy atom. The van der Waals surface area contributed by atoms with Gasteiger partial charge in [-0.3, -0.25) is 9.59 Å². The molecular formula is C29H41N5O6. The van der Waals surface area contributed by atoms with E-state index in [1.807, 2.05) is 6.92 Å². The van der Waals surface area contributed by atoms with Gasteiger partial charge in [0, 0.05) is 25.4 Å². The highest BCUT2D eigenvalue weighted by molar-refractivity contribution is 6.02. The number of fused-ring (bicyclic) bond motifs is 1. The Bertz CT molecular complexity index is 1200. The summed E-state index contributed by atoms with van der Waals surface area (Å²) in [5, 5.41) is 19.7. The van der Waals surface area contributed by atoms with Crippen LogP contribution < -0.4 is 15.4 Å². The number of anilines is 2. The van der Waals surface area contributed by atoms with Crippen molar-refractivity contribution in [3.63, 3.8) is 0 Å². The number of nitrogens with one attached hydrogen (secondary N) is 2. The minimum Gasteiger partial charge on any atom is -0.485 e. The molecule has 4 amide bonds. The molecule has 0 saturated heterocycles. The Morgan fingerprint density at radius 1 is 1.20 bits per heavy atom. The van der Waals surface area contributed by atoms with Crippen LogP contribution in [0.5, 0.6) is 5.75 Å².